The van der Waals surface area contributed by atoms with Gasteiger partial charge in [0.25, 0.3) is 11.8 Å². The van der Waals surface area contributed by atoms with Gasteiger partial charge in [0, 0.05) is 13.1 Å². The molecule has 1 fully saturated rings. The Hall–Kier alpha value is -2.73. The summed E-state index contributed by atoms with van der Waals surface area (Å²) in [7, 11) is 0. The zero-order valence-electron chi connectivity index (χ0n) is 14.3. The van der Waals surface area contributed by atoms with E-state index in [2.05, 4.69) is 0 Å². The number of hydrogen-bond donors (Lipinski definition) is 0. The van der Waals surface area contributed by atoms with Gasteiger partial charge in [0.05, 0.1) is 28.6 Å². The van der Waals surface area contributed by atoms with E-state index in [1.165, 1.54) is 11.0 Å². The quantitative estimate of drug-likeness (QED) is 0.762. The number of amides is 3. The molecule has 1 atom stereocenters. The van der Waals surface area contributed by atoms with E-state index < -0.39 is 17.8 Å². The van der Waals surface area contributed by atoms with Crippen LogP contribution in [-0.4, -0.2) is 46.7 Å². The van der Waals surface area contributed by atoms with Gasteiger partial charge in [-0.1, -0.05) is 35.9 Å². The minimum Gasteiger partial charge on any atom is -0.340 e. The number of halogens is 2. The van der Waals surface area contributed by atoms with Gasteiger partial charge >= 0.3 is 0 Å². The molecule has 0 N–H and O–H groups in total. The molecule has 138 valence electrons. The molecule has 2 aliphatic rings. The predicted molar refractivity (Wildman–Crippen MR) is 97.0 cm³/mol. The summed E-state index contributed by atoms with van der Waals surface area (Å²) in [4.78, 5) is 40.6. The van der Waals surface area contributed by atoms with Crippen LogP contribution in [0.15, 0.2) is 42.5 Å². The van der Waals surface area contributed by atoms with Crippen molar-refractivity contribution in [3.63, 3.8) is 0 Å². The summed E-state index contributed by atoms with van der Waals surface area (Å²) in [6.45, 7) is 0.662. The van der Waals surface area contributed by atoms with Gasteiger partial charge in [-0.2, -0.15) is 0 Å². The topological polar surface area (TPSA) is 57.7 Å². The lowest BCUT2D eigenvalue weighted by atomic mass is 10.1. The lowest BCUT2D eigenvalue weighted by molar-refractivity contribution is -0.129. The molecule has 0 aromatic heterocycles. The molecule has 4 rings (SSSR count). The third-order valence-corrected chi connectivity index (χ3v) is 5.39. The van der Waals surface area contributed by atoms with Crippen molar-refractivity contribution in [3.8, 4) is 0 Å². The Morgan fingerprint density at radius 1 is 1.11 bits per heavy atom. The summed E-state index contributed by atoms with van der Waals surface area (Å²) >= 11 is 6.09. The van der Waals surface area contributed by atoms with Crippen LogP contribution >= 0.6 is 11.6 Å². The Morgan fingerprint density at radius 3 is 2.63 bits per heavy atom. The minimum absolute atomic E-state index is 0.0483. The van der Waals surface area contributed by atoms with Crippen LogP contribution < -0.4 is 0 Å². The number of carbonyl (C=O) groups is 3. The van der Waals surface area contributed by atoms with E-state index in [1.807, 2.05) is 0 Å². The van der Waals surface area contributed by atoms with Crippen molar-refractivity contribution in [1.29, 1.82) is 0 Å². The van der Waals surface area contributed by atoms with Gasteiger partial charge in [-0.05, 0) is 30.2 Å². The second-order valence-electron chi connectivity index (χ2n) is 6.69. The van der Waals surface area contributed by atoms with Crippen molar-refractivity contribution in [2.75, 3.05) is 13.1 Å². The smallest absolute Gasteiger partial charge is 0.263 e. The summed E-state index contributed by atoms with van der Waals surface area (Å²) in [6.07, 6.45) is 0.444. The van der Waals surface area contributed by atoms with Crippen molar-refractivity contribution >= 4 is 29.3 Å². The molecule has 27 heavy (non-hydrogen) atoms. The van der Waals surface area contributed by atoms with Crippen LogP contribution in [0.25, 0.3) is 0 Å². The van der Waals surface area contributed by atoms with Crippen LogP contribution in [0.5, 0.6) is 0 Å². The average Bonchev–Trinajstić information content (AvgIpc) is 3.21. The highest BCUT2D eigenvalue weighted by molar-refractivity contribution is 6.37. The molecule has 2 heterocycles. The lowest BCUT2D eigenvalue weighted by Gasteiger charge is -2.22. The van der Waals surface area contributed by atoms with E-state index in [1.54, 1.807) is 41.3 Å². The Kier molecular flexibility index (Phi) is 4.44. The fraction of sp³-hybridized carbons (Fsp3) is 0.250. The van der Waals surface area contributed by atoms with Crippen LogP contribution in [-0.2, 0) is 11.2 Å². The largest absolute Gasteiger partial charge is 0.340 e. The molecule has 2 aromatic carbocycles. The van der Waals surface area contributed by atoms with Crippen molar-refractivity contribution in [3.05, 3.63) is 70.0 Å². The fourth-order valence-corrected chi connectivity index (χ4v) is 3.94. The molecule has 1 saturated heterocycles. The first kappa shape index (κ1) is 17.7. The highest BCUT2D eigenvalue weighted by atomic mass is 35.5. The molecule has 1 unspecified atom stereocenters. The van der Waals surface area contributed by atoms with Crippen molar-refractivity contribution in [1.82, 2.24) is 9.80 Å². The maximum atomic E-state index is 13.8. The Labute approximate surface area is 160 Å². The first-order valence-electron chi connectivity index (χ1n) is 8.65. The molecule has 0 spiro atoms. The monoisotopic (exact) mass is 386 g/mol. The molecule has 3 amide bonds. The zero-order valence-corrected chi connectivity index (χ0v) is 15.1. The van der Waals surface area contributed by atoms with E-state index in [4.69, 9.17) is 11.6 Å². The molecule has 2 aromatic rings. The van der Waals surface area contributed by atoms with E-state index in [9.17, 15) is 18.8 Å². The first-order valence-corrected chi connectivity index (χ1v) is 9.02. The highest BCUT2D eigenvalue weighted by Gasteiger charge is 2.43. The zero-order chi connectivity index (χ0) is 19.1. The molecule has 2 aliphatic heterocycles. The summed E-state index contributed by atoms with van der Waals surface area (Å²) in [5.74, 6) is -1.45. The number of carbonyl (C=O) groups excluding carboxylic acids is 3. The van der Waals surface area contributed by atoms with E-state index >= 15 is 0 Å². The van der Waals surface area contributed by atoms with Crippen molar-refractivity contribution in [2.24, 2.45) is 0 Å². The predicted octanol–water partition coefficient (Wildman–Crippen LogP) is 2.92. The van der Waals surface area contributed by atoms with E-state index in [-0.39, 0.29) is 35.4 Å². The number of rotatable bonds is 3. The van der Waals surface area contributed by atoms with Gasteiger partial charge in [-0.3, -0.25) is 19.3 Å². The summed E-state index contributed by atoms with van der Waals surface area (Å²) < 4.78 is 13.8. The summed E-state index contributed by atoms with van der Waals surface area (Å²) in [6, 6.07) is 10.5. The summed E-state index contributed by atoms with van der Waals surface area (Å²) in [5, 5.41) is 0.249. The average molecular weight is 387 g/mol. The maximum absolute atomic E-state index is 13.8. The second-order valence-corrected chi connectivity index (χ2v) is 7.10. The van der Waals surface area contributed by atoms with Crippen LogP contribution in [0.3, 0.4) is 0 Å². The van der Waals surface area contributed by atoms with E-state index in [0.717, 1.165) is 0 Å². The SMILES string of the molecule is O=C(Cc1ccccc1F)N1CCC(N2C(=O)c3cccc(Cl)c3C2=O)C1. The van der Waals surface area contributed by atoms with Crippen LogP contribution in [0, 0.1) is 5.82 Å². The number of imide groups is 1. The maximum Gasteiger partial charge on any atom is 0.263 e. The second kappa shape index (κ2) is 6.78. The van der Waals surface area contributed by atoms with Gasteiger partial charge < -0.3 is 4.90 Å². The van der Waals surface area contributed by atoms with Gasteiger partial charge in [-0.25, -0.2) is 4.39 Å². The van der Waals surface area contributed by atoms with Crippen LogP contribution in [0.1, 0.15) is 32.7 Å². The van der Waals surface area contributed by atoms with Gasteiger partial charge in [0.15, 0.2) is 0 Å². The van der Waals surface area contributed by atoms with E-state index in [0.29, 0.717) is 24.1 Å². The third kappa shape index (κ3) is 3.00. The molecule has 0 saturated carbocycles. The molecule has 0 radical (unpaired) electrons. The fourth-order valence-electron chi connectivity index (χ4n) is 3.69. The molecule has 7 heteroatoms. The number of nitrogens with zero attached hydrogens (tertiary/aromatic N) is 2. The van der Waals surface area contributed by atoms with Gasteiger partial charge in [0.1, 0.15) is 5.82 Å². The van der Waals surface area contributed by atoms with Crippen LogP contribution in [0.4, 0.5) is 4.39 Å². The Morgan fingerprint density at radius 2 is 1.89 bits per heavy atom. The Balaban J connectivity index is 1.48. The van der Waals surface area contributed by atoms with Crippen LogP contribution in [0.2, 0.25) is 5.02 Å². The molecular weight excluding hydrogens is 371 g/mol. The normalized spacial score (nSPS) is 19.0. The summed E-state index contributed by atoms with van der Waals surface area (Å²) in [5.41, 5.74) is 0.849. The molecular formula is C20H16ClFN2O3. The minimum atomic E-state index is -0.422. The number of benzene rings is 2. The standard InChI is InChI=1S/C20H16ClFN2O3/c21-15-6-3-5-14-18(15)20(27)24(19(14)26)13-8-9-23(11-13)17(25)10-12-4-1-2-7-16(12)22/h1-7,13H,8-11H2. The van der Waals surface area contributed by atoms with Crippen molar-refractivity contribution < 1.29 is 18.8 Å². The molecule has 0 aliphatic carbocycles. The number of fused-ring (bicyclic) bond motifs is 1. The number of hydrogen-bond acceptors (Lipinski definition) is 3. The highest BCUT2D eigenvalue weighted by Crippen LogP contribution is 2.32. The lowest BCUT2D eigenvalue weighted by Crippen LogP contribution is -2.42. The first-order chi connectivity index (χ1) is 13.0. The third-order valence-electron chi connectivity index (χ3n) is 5.08. The number of likely N-dealkylation sites (tertiary alicyclic amines) is 1. The van der Waals surface area contributed by atoms with Crippen molar-refractivity contribution in [2.45, 2.75) is 18.9 Å². The molecule has 5 nitrogen and oxygen atoms in total. The van der Waals surface area contributed by atoms with Gasteiger partial charge in [0.2, 0.25) is 5.91 Å². The van der Waals surface area contributed by atoms with Gasteiger partial charge in [-0.15, -0.1) is 0 Å². The Bertz CT molecular complexity index is 962. The molecule has 0 bridgehead atoms.